The van der Waals surface area contributed by atoms with Crippen LogP contribution in [0.2, 0.25) is 0 Å². The summed E-state index contributed by atoms with van der Waals surface area (Å²) in [6.07, 6.45) is 4.12. The fourth-order valence-corrected chi connectivity index (χ4v) is 3.58. The summed E-state index contributed by atoms with van der Waals surface area (Å²) in [6.45, 7) is 3.54. The largest absolute Gasteiger partial charge is 0.465 e. The van der Waals surface area contributed by atoms with E-state index in [1.165, 1.54) is 0 Å². The van der Waals surface area contributed by atoms with Gasteiger partial charge in [-0.1, -0.05) is 6.07 Å². The standard InChI is InChI=1S/C22H24N6O2/c1-15-5-9-23-20(13-15)27-19-4-2-3-18(26-19)16-6-10-24-21(14-16)28-11-7-17(8-12-28)25-22(29)30/h2-6,9-10,13-14,17,25H,7-8,11-12H2,1H3,(H,29,30)(H,23,26,27). The number of amides is 1. The molecule has 0 bridgehead atoms. The highest BCUT2D eigenvalue weighted by atomic mass is 16.4. The molecule has 0 saturated carbocycles. The van der Waals surface area contributed by atoms with Crippen molar-refractivity contribution in [1.29, 1.82) is 0 Å². The molecular weight excluding hydrogens is 380 g/mol. The number of nitrogens with one attached hydrogen (secondary N) is 2. The first-order valence-corrected chi connectivity index (χ1v) is 9.94. The molecule has 3 aromatic rings. The maximum absolute atomic E-state index is 10.8. The summed E-state index contributed by atoms with van der Waals surface area (Å²) < 4.78 is 0. The van der Waals surface area contributed by atoms with E-state index >= 15 is 0 Å². The molecule has 1 aliphatic rings. The van der Waals surface area contributed by atoms with Crippen LogP contribution < -0.4 is 15.5 Å². The summed E-state index contributed by atoms with van der Waals surface area (Å²) in [5, 5.41) is 14.7. The number of nitrogens with zero attached hydrogens (tertiary/aromatic N) is 4. The van der Waals surface area contributed by atoms with Crippen LogP contribution in [0.25, 0.3) is 11.3 Å². The molecule has 0 aromatic carbocycles. The summed E-state index contributed by atoms with van der Waals surface area (Å²) in [5.74, 6) is 2.36. The molecule has 0 aliphatic carbocycles. The maximum Gasteiger partial charge on any atom is 0.404 e. The fraction of sp³-hybridized carbons (Fsp3) is 0.273. The summed E-state index contributed by atoms with van der Waals surface area (Å²) >= 11 is 0. The predicted molar refractivity (Wildman–Crippen MR) is 116 cm³/mol. The van der Waals surface area contributed by atoms with E-state index < -0.39 is 6.09 Å². The zero-order valence-corrected chi connectivity index (χ0v) is 16.7. The van der Waals surface area contributed by atoms with E-state index in [-0.39, 0.29) is 6.04 Å². The normalized spacial score (nSPS) is 14.4. The van der Waals surface area contributed by atoms with E-state index in [2.05, 4.69) is 25.5 Å². The van der Waals surface area contributed by atoms with Crippen molar-refractivity contribution in [2.24, 2.45) is 0 Å². The average Bonchev–Trinajstić information content (AvgIpc) is 2.74. The third-order valence-corrected chi connectivity index (χ3v) is 5.11. The van der Waals surface area contributed by atoms with Gasteiger partial charge in [0.1, 0.15) is 17.5 Å². The Bertz CT molecular complexity index is 1030. The highest BCUT2D eigenvalue weighted by Gasteiger charge is 2.21. The van der Waals surface area contributed by atoms with Gasteiger partial charge in [0.15, 0.2) is 0 Å². The molecule has 3 N–H and O–H groups in total. The lowest BCUT2D eigenvalue weighted by atomic mass is 10.0. The summed E-state index contributed by atoms with van der Waals surface area (Å²) in [5.41, 5.74) is 2.95. The van der Waals surface area contributed by atoms with Gasteiger partial charge in [0.2, 0.25) is 0 Å². The number of pyridine rings is 3. The number of hydrogen-bond acceptors (Lipinski definition) is 6. The quantitative estimate of drug-likeness (QED) is 0.594. The van der Waals surface area contributed by atoms with Crippen LogP contribution >= 0.6 is 0 Å². The van der Waals surface area contributed by atoms with Crippen LogP contribution in [0.3, 0.4) is 0 Å². The Morgan fingerprint density at radius 1 is 1.07 bits per heavy atom. The van der Waals surface area contributed by atoms with Gasteiger partial charge in [-0.15, -0.1) is 0 Å². The van der Waals surface area contributed by atoms with Crippen molar-refractivity contribution >= 4 is 23.5 Å². The fourth-order valence-electron chi connectivity index (χ4n) is 3.58. The molecule has 8 nitrogen and oxygen atoms in total. The number of anilines is 3. The lowest BCUT2D eigenvalue weighted by molar-refractivity contribution is 0.187. The first-order chi connectivity index (χ1) is 14.6. The highest BCUT2D eigenvalue weighted by Crippen LogP contribution is 2.25. The second-order valence-electron chi connectivity index (χ2n) is 7.37. The molecule has 1 aliphatic heterocycles. The molecule has 30 heavy (non-hydrogen) atoms. The summed E-state index contributed by atoms with van der Waals surface area (Å²) in [7, 11) is 0. The van der Waals surface area contributed by atoms with Crippen LogP contribution in [0.5, 0.6) is 0 Å². The second kappa shape index (κ2) is 8.77. The average molecular weight is 404 g/mol. The van der Waals surface area contributed by atoms with Gasteiger partial charge in [-0.3, -0.25) is 0 Å². The lowest BCUT2D eigenvalue weighted by Crippen LogP contribution is -2.44. The van der Waals surface area contributed by atoms with Crippen molar-refractivity contribution < 1.29 is 9.90 Å². The zero-order chi connectivity index (χ0) is 20.9. The van der Waals surface area contributed by atoms with E-state index in [0.29, 0.717) is 0 Å². The van der Waals surface area contributed by atoms with Gasteiger partial charge in [-0.2, -0.15) is 0 Å². The molecule has 3 aromatic heterocycles. The van der Waals surface area contributed by atoms with Crippen molar-refractivity contribution in [3.63, 3.8) is 0 Å². The van der Waals surface area contributed by atoms with Gasteiger partial charge < -0.3 is 20.6 Å². The molecule has 1 amide bonds. The monoisotopic (exact) mass is 404 g/mol. The lowest BCUT2D eigenvalue weighted by Gasteiger charge is -2.32. The first-order valence-electron chi connectivity index (χ1n) is 9.94. The van der Waals surface area contributed by atoms with Crippen LogP contribution in [0.1, 0.15) is 18.4 Å². The third-order valence-electron chi connectivity index (χ3n) is 5.11. The van der Waals surface area contributed by atoms with Gasteiger partial charge in [-0.05, 0) is 61.7 Å². The molecule has 0 unspecified atom stereocenters. The van der Waals surface area contributed by atoms with E-state index in [1.54, 1.807) is 12.4 Å². The molecule has 0 radical (unpaired) electrons. The van der Waals surface area contributed by atoms with Crippen molar-refractivity contribution in [3.05, 3.63) is 60.4 Å². The minimum atomic E-state index is -0.964. The minimum absolute atomic E-state index is 0.00147. The van der Waals surface area contributed by atoms with E-state index in [4.69, 9.17) is 10.1 Å². The molecule has 0 atom stereocenters. The number of hydrogen-bond donors (Lipinski definition) is 3. The number of piperidine rings is 1. The van der Waals surface area contributed by atoms with Gasteiger partial charge in [0.25, 0.3) is 0 Å². The Kier molecular flexibility index (Phi) is 5.74. The molecule has 8 heteroatoms. The van der Waals surface area contributed by atoms with E-state index in [0.717, 1.165) is 60.2 Å². The van der Waals surface area contributed by atoms with E-state index in [1.807, 2.05) is 49.4 Å². The number of carbonyl (C=O) groups is 1. The van der Waals surface area contributed by atoms with Crippen LogP contribution in [0, 0.1) is 6.92 Å². The van der Waals surface area contributed by atoms with Gasteiger partial charge in [-0.25, -0.2) is 19.7 Å². The SMILES string of the molecule is Cc1ccnc(Nc2cccc(-c3ccnc(N4CCC(NC(=O)O)CC4)c3)n2)c1. The Morgan fingerprint density at radius 3 is 2.63 bits per heavy atom. The van der Waals surface area contributed by atoms with Crippen LogP contribution in [-0.2, 0) is 0 Å². The van der Waals surface area contributed by atoms with Crippen LogP contribution in [0.4, 0.5) is 22.2 Å². The van der Waals surface area contributed by atoms with Gasteiger partial charge in [0, 0.05) is 37.1 Å². The molecule has 4 rings (SSSR count). The summed E-state index contributed by atoms with van der Waals surface area (Å²) in [6, 6.07) is 13.7. The molecule has 1 fully saturated rings. The molecule has 1 saturated heterocycles. The van der Waals surface area contributed by atoms with Crippen molar-refractivity contribution in [1.82, 2.24) is 20.3 Å². The van der Waals surface area contributed by atoms with Crippen molar-refractivity contribution in [2.75, 3.05) is 23.3 Å². The van der Waals surface area contributed by atoms with Crippen LogP contribution in [-0.4, -0.2) is 45.3 Å². The third kappa shape index (κ3) is 4.83. The number of aromatic nitrogens is 3. The van der Waals surface area contributed by atoms with Gasteiger partial charge >= 0.3 is 6.09 Å². The number of carboxylic acid groups (broad SMARTS) is 1. The smallest absolute Gasteiger partial charge is 0.404 e. The summed E-state index contributed by atoms with van der Waals surface area (Å²) in [4.78, 5) is 26.6. The van der Waals surface area contributed by atoms with Crippen molar-refractivity contribution in [2.45, 2.75) is 25.8 Å². The van der Waals surface area contributed by atoms with Gasteiger partial charge in [0.05, 0.1) is 5.69 Å². The first kappa shape index (κ1) is 19.6. The molecular formula is C22H24N6O2. The predicted octanol–water partition coefficient (Wildman–Crippen LogP) is 3.83. The molecule has 154 valence electrons. The maximum atomic E-state index is 10.8. The molecule has 4 heterocycles. The number of rotatable bonds is 5. The Labute approximate surface area is 175 Å². The minimum Gasteiger partial charge on any atom is -0.465 e. The van der Waals surface area contributed by atoms with Crippen molar-refractivity contribution in [3.8, 4) is 11.3 Å². The van der Waals surface area contributed by atoms with Crippen LogP contribution in [0.15, 0.2) is 54.9 Å². The van der Waals surface area contributed by atoms with E-state index in [9.17, 15) is 4.79 Å². The molecule has 0 spiro atoms. The zero-order valence-electron chi connectivity index (χ0n) is 16.7. The number of aryl methyl sites for hydroxylation is 1. The topological polar surface area (TPSA) is 103 Å². The Balaban J connectivity index is 1.48. The second-order valence-corrected chi connectivity index (χ2v) is 7.37. The highest BCUT2D eigenvalue weighted by molar-refractivity contribution is 5.66. The Morgan fingerprint density at radius 2 is 1.87 bits per heavy atom. The Hall–Kier alpha value is -3.68.